The number of hydrogen-bond donors (Lipinski definition) is 0. The summed E-state index contributed by atoms with van der Waals surface area (Å²) >= 11 is 0. The smallest absolute Gasteiger partial charge is 0.0435 e. The van der Waals surface area contributed by atoms with E-state index in [1.807, 2.05) is 0 Å². The van der Waals surface area contributed by atoms with Crippen molar-refractivity contribution in [3.05, 3.63) is 100 Å². The fraction of sp³-hybridized carbons (Fsp3) is 0.200. The zero-order valence-electron chi connectivity index (χ0n) is 14.8. The second kappa shape index (κ2) is 5.20. The molecule has 5 rings (SSSR count). The number of allylic oxidation sites excluding steroid dienone is 1. The van der Waals surface area contributed by atoms with E-state index in [4.69, 9.17) is 0 Å². The molecule has 3 aromatic carbocycles. The fourth-order valence-electron chi connectivity index (χ4n) is 4.74. The number of benzene rings is 3. The predicted molar refractivity (Wildman–Crippen MR) is 106 cm³/mol. The number of hydrogen-bond acceptors (Lipinski definition) is 0. The summed E-state index contributed by atoms with van der Waals surface area (Å²) in [6.45, 7) is 4.59. The molecular weight excluding hydrogens is 300 g/mol. The number of aryl methyl sites for hydroxylation is 2. The molecule has 0 radical (unpaired) electrons. The van der Waals surface area contributed by atoms with E-state index in [0.29, 0.717) is 0 Å². The van der Waals surface area contributed by atoms with Crippen LogP contribution in [0.25, 0.3) is 17.2 Å². The van der Waals surface area contributed by atoms with Gasteiger partial charge in [0.1, 0.15) is 0 Å². The lowest BCUT2D eigenvalue weighted by molar-refractivity contribution is 0.712. The van der Waals surface area contributed by atoms with Crippen molar-refractivity contribution in [1.82, 2.24) is 0 Å². The first-order valence-corrected chi connectivity index (χ1v) is 9.19. The summed E-state index contributed by atoms with van der Waals surface area (Å²) < 4.78 is 0. The van der Waals surface area contributed by atoms with Crippen molar-refractivity contribution in [3.63, 3.8) is 0 Å². The van der Waals surface area contributed by atoms with E-state index in [2.05, 4.69) is 86.7 Å². The van der Waals surface area contributed by atoms with E-state index in [0.717, 1.165) is 12.8 Å². The van der Waals surface area contributed by atoms with Gasteiger partial charge in [-0.3, -0.25) is 0 Å². The van der Waals surface area contributed by atoms with E-state index < -0.39 is 0 Å². The van der Waals surface area contributed by atoms with Crippen molar-refractivity contribution < 1.29 is 0 Å². The lowest BCUT2D eigenvalue weighted by Gasteiger charge is -2.29. The Balaban J connectivity index is 1.90. The maximum atomic E-state index is 2.39. The summed E-state index contributed by atoms with van der Waals surface area (Å²) in [4.78, 5) is 0. The third-order valence-corrected chi connectivity index (χ3v) is 6.07. The van der Waals surface area contributed by atoms with Crippen molar-refractivity contribution >= 4 is 6.08 Å². The van der Waals surface area contributed by atoms with Crippen LogP contribution in [0.1, 0.15) is 46.7 Å². The third kappa shape index (κ3) is 1.94. The summed E-state index contributed by atoms with van der Waals surface area (Å²) in [6.07, 6.45) is 6.98. The van der Waals surface area contributed by atoms with Gasteiger partial charge < -0.3 is 0 Å². The van der Waals surface area contributed by atoms with Crippen LogP contribution >= 0.6 is 0 Å². The molecule has 0 saturated carbocycles. The van der Waals surface area contributed by atoms with Crippen molar-refractivity contribution in [2.75, 3.05) is 0 Å². The molecule has 2 aliphatic rings. The minimum absolute atomic E-state index is 0.0851. The highest BCUT2D eigenvalue weighted by Crippen LogP contribution is 2.54. The van der Waals surface area contributed by atoms with Gasteiger partial charge in [0.05, 0.1) is 0 Å². The Morgan fingerprint density at radius 1 is 0.880 bits per heavy atom. The average molecular weight is 322 g/mol. The van der Waals surface area contributed by atoms with Gasteiger partial charge in [0.2, 0.25) is 0 Å². The highest BCUT2D eigenvalue weighted by atomic mass is 14.4. The number of fused-ring (bicyclic) bond motifs is 5. The van der Waals surface area contributed by atoms with Crippen molar-refractivity contribution in [2.24, 2.45) is 0 Å². The van der Waals surface area contributed by atoms with Gasteiger partial charge >= 0.3 is 0 Å². The maximum absolute atomic E-state index is 2.39. The predicted octanol–water partition coefficient (Wildman–Crippen LogP) is 6.29. The minimum Gasteiger partial charge on any atom is -0.0836 e. The molecule has 0 N–H and O–H groups in total. The Labute approximate surface area is 149 Å². The van der Waals surface area contributed by atoms with Crippen molar-refractivity contribution in [1.29, 1.82) is 0 Å². The van der Waals surface area contributed by atoms with Crippen LogP contribution < -0.4 is 0 Å². The molecule has 0 spiro atoms. The summed E-state index contributed by atoms with van der Waals surface area (Å²) in [5.41, 5.74) is 11.3. The maximum Gasteiger partial charge on any atom is 0.0435 e. The van der Waals surface area contributed by atoms with Gasteiger partial charge in [-0.05, 0) is 65.6 Å². The molecule has 1 atom stereocenters. The Hall–Kier alpha value is -2.60. The summed E-state index contributed by atoms with van der Waals surface area (Å²) in [7, 11) is 0. The van der Waals surface area contributed by atoms with Crippen LogP contribution in [0.2, 0.25) is 0 Å². The molecular formula is C25H22. The van der Waals surface area contributed by atoms with E-state index in [-0.39, 0.29) is 5.41 Å². The first kappa shape index (κ1) is 14.7. The fourth-order valence-corrected chi connectivity index (χ4v) is 4.74. The van der Waals surface area contributed by atoms with Crippen molar-refractivity contribution in [2.45, 2.75) is 32.1 Å². The molecule has 122 valence electrons. The molecule has 1 unspecified atom stereocenters. The highest BCUT2D eigenvalue weighted by molar-refractivity contribution is 5.90. The first-order chi connectivity index (χ1) is 12.2. The second-order valence-corrected chi connectivity index (χ2v) is 7.54. The normalized spacial score (nSPS) is 20.1. The minimum atomic E-state index is -0.0851. The van der Waals surface area contributed by atoms with Crippen LogP contribution in [-0.2, 0) is 11.8 Å². The molecule has 0 aromatic heterocycles. The Bertz CT molecular complexity index is 1010. The third-order valence-electron chi connectivity index (χ3n) is 6.07. The highest BCUT2D eigenvalue weighted by Gasteiger charge is 2.42. The second-order valence-electron chi connectivity index (χ2n) is 7.54. The summed E-state index contributed by atoms with van der Waals surface area (Å²) in [5, 5.41) is 0. The van der Waals surface area contributed by atoms with Gasteiger partial charge in [-0.25, -0.2) is 0 Å². The summed E-state index contributed by atoms with van der Waals surface area (Å²) in [6, 6.07) is 22.7. The van der Waals surface area contributed by atoms with Crippen LogP contribution in [0, 0.1) is 6.92 Å². The Kier molecular flexibility index (Phi) is 3.06. The van der Waals surface area contributed by atoms with Crippen LogP contribution in [-0.4, -0.2) is 0 Å². The lowest BCUT2D eigenvalue weighted by atomic mass is 9.73. The topological polar surface area (TPSA) is 0 Å². The molecule has 0 aliphatic heterocycles. The van der Waals surface area contributed by atoms with Crippen molar-refractivity contribution in [3.8, 4) is 11.1 Å². The van der Waals surface area contributed by atoms with Gasteiger partial charge in [-0.1, -0.05) is 78.4 Å². The van der Waals surface area contributed by atoms with Gasteiger partial charge in [0.25, 0.3) is 0 Å². The van der Waals surface area contributed by atoms with Crippen LogP contribution in [0.5, 0.6) is 0 Å². The molecule has 3 aromatic rings. The van der Waals surface area contributed by atoms with E-state index in [9.17, 15) is 0 Å². The SMILES string of the molecule is Cc1ccc2c(c1)C(C)(c1ccccc1)c1ccc3c(c1-2)C=CCC3. The largest absolute Gasteiger partial charge is 0.0836 e. The molecule has 0 amide bonds. The van der Waals surface area contributed by atoms with E-state index >= 15 is 0 Å². The van der Waals surface area contributed by atoms with E-state index in [1.54, 1.807) is 0 Å². The van der Waals surface area contributed by atoms with Crippen LogP contribution in [0.3, 0.4) is 0 Å². The zero-order chi connectivity index (χ0) is 17.0. The number of rotatable bonds is 1. The molecule has 0 heteroatoms. The van der Waals surface area contributed by atoms with Gasteiger partial charge in [-0.15, -0.1) is 0 Å². The van der Waals surface area contributed by atoms with Gasteiger partial charge in [0, 0.05) is 5.41 Å². The Morgan fingerprint density at radius 3 is 2.56 bits per heavy atom. The van der Waals surface area contributed by atoms with Gasteiger partial charge in [-0.2, -0.15) is 0 Å². The van der Waals surface area contributed by atoms with E-state index in [1.165, 1.54) is 44.5 Å². The molecule has 0 saturated heterocycles. The lowest BCUT2D eigenvalue weighted by Crippen LogP contribution is -2.22. The van der Waals surface area contributed by atoms with Crippen LogP contribution in [0.4, 0.5) is 0 Å². The molecule has 2 aliphatic carbocycles. The van der Waals surface area contributed by atoms with Gasteiger partial charge in [0.15, 0.2) is 0 Å². The first-order valence-electron chi connectivity index (χ1n) is 9.19. The average Bonchev–Trinajstić information content (AvgIpc) is 2.92. The quantitative estimate of drug-likeness (QED) is 0.494. The molecule has 0 heterocycles. The molecule has 0 nitrogen and oxygen atoms in total. The molecule has 0 bridgehead atoms. The molecule has 25 heavy (non-hydrogen) atoms. The molecule has 0 fully saturated rings. The Morgan fingerprint density at radius 2 is 1.72 bits per heavy atom. The standard InChI is InChI=1S/C25H22/c1-17-12-14-21-23(16-17)25(2,19-9-4-3-5-10-19)22-15-13-18-8-6-7-11-20(18)24(21)22/h3-5,7,9-16H,6,8H2,1-2H3. The summed E-state index contributed by atoms with van der Waals surface area (Å²) in [5.74, 6) is 0. The monoisotopic (exact) mass is 322 g/mol. The van der Waals surface area contributed by atoms with Crippen LogP contribution in [0.15, 0.2) is 66.7 Å². The zero-order valence-corrected chi connectivity index (χ0v) is 14.8.